The molecule has 1 aromatic rings. The number of hydrogen-bond acceptors (Lipinski definition) is 4. The van der Waals surface area contributed by atoms with Crippen LogP contribution in [0.25, 0.3) is 0 Å². The molecule has 18 heavy (non-hydrogen) atoms. The molecule has 0 aromatic heterocycles. The molecule has 2 rings (SSSR count). The Morgan fingerprint density at radius 3 is 2.83 bits per heavy atom. The first-order valence-electron chi connectivity index (χ1n) is 5.77. The minimum absolute atomic E-state index is 0.231. The van der Waals surface area contributed by atoms with Gasteiger partial charge in [-0.25, -0.2) is 9.18 Å². The van der Waals surface area contributed by atoms with Crippen molar-refractivity contribution in [3.05, 3.63) is 29.6 Å². The maximum Gasteiger partial charge on any atom is 0.334 e. The average Bonchev–Trinajstić information content (AvgIpc) is 2.76. The number of esters is 1. The van der Waals surface area contributed by atoms with E-state index in [9.17, 15) is 9.18 Å². The quantitative estimate of drug-likeness (QED) is 0.835. The van der Waals surface area contributed by atoms with Gasteiger partial charge in [-0.1, -0.05) is 0 Å². The number of carbonyl (C=O) groups excluding carboxylic acids is 1. The van der Waals surface area contributed by atoms with Crippen LogP contribution in [-0.2, 0) is 14.3 Å². The van der Waals surface area contributed by atoms with Gasteiger partial charge in [0.15, 0.2) is 5.54 Å². The molecular formula is C13H16FNO3. The van der Waals surface area contributed by atoms with E-state index < -0.39 is 5.54 Å². The van der Waals surface area contributed by atoms with E-state index in [4.69, 9.17) is 9.47 Å². The molecule has 1 heterocycles. The van der Waals surface area contributed by atoms with Crippen LogP contribution in [0.5, 0.6) is 0 Å². The zero-order chi connectivity index (χ0) is 13.2. The van der Waals surface area contributed by atoms with Gasteiger partial charge in [0.2, 0.25) is 0 Å². The second-order valence-corrected chi connectivity index (χ2v) is 4.52. The Morgan fingerprint density at radius 1 is 1.50 bits per heavy atom. The Labute approximate surface area is 105 Å². The van der Waals surface area contributed by atoms with Crippen molar-refractivity contribution < 1.29 is 18.7 Å². The van der Waals surface area contributed by atoms with E-state index in [1.54, 1.807) is 13.0 Å². The first-order valence-corrected chi connectivity index (χ1v) is 5.77. The van der Waals surface area contributed by atoms with Crippen LogP contribution in [-0.4, -0.2) is 31.8 Å². The van der Waals surface area contributed by atoms with Crippen LogP contribution in [0.4, 0.5) is 10.1 Å². The van der Waals surface area contributed by atoms with Gasteiger partial charge < -0.3 is 14.8 Å². The molecule has 1 saturated heterocycles. The van der Waals surface area contributed by atoms with E-state index in [1.807, 2.05) is 0 Å². The average molecular weight is 253 g/mol. The molecule has 0 amide bonds. The molecule has 0 spiro atoms. The molecule has 98 valence electrons. The molecular weight excluding hydrogens is 237 g/mol. The number of aryl methyl sites for hydroxylation is 1. The molecule has 1 unspecified atom stereocenters. The third kappa shape index (κ3) is 2.46. The summed E-state index contributed by atoms with van der Waals surface area (Å²) in [5, 5.41) is 3.05. The highest BCUT2D eigenvalue weighted by Gasteiger charge is 2.43. The highest BCUT2D eigenvalue weighted by molar-refractivity contribution is 5.85. The van der Waals surface area contributed by atoms with Gasteiger partial charge in [0.05, 0.1) is 13.7 Å². The monoisotopic (exact) mass is 253 g/mol. The van der Waals surface area contributed by atoms with E-state index >= 15 is 0 Å². The lowest BCUT2D eigenvalue weighted by Crippen LogP contribution is -2.47. The predicted molar refractivity (Wildman–Crippen MR) is 64.9 cm³/mol. The third-order valence-electron chi connectivity index (χ3n) is 3.02. The Balaban J connectivity index is 2.26. The van der Waals surface area contributed by atoms with Crippen LogP contribution >= 0.6 is 0 Å². The SMILES string of the molecule is COC(=O)C1(Nc2cc(C)cc(F)c2)CCOC1. The van der Waals surface area contributed by atoms with Gasteiger partial charge in [0.25, 0.3) is 0 Å². The van der Waals surface area contributed by atoms with Crippen LogP contribution in [0.15, 0.2) is 18.2 Å². The molecule has 1 fully saturated rings. The van der Waals surface area contributed by atoms with E-state index in [0.717, 1.165) is 5.56 Å². The Bertz CT molecular complexity index is 435. The van der Waals surface area contributed by atoms with E-state index in [0.29, 0.717) is 18.7 Å². The van der Waals surface area contributed by atoms with Crippen molar-refractivity contribution in [2.45, 2.75) is 18.9 Å². The van der Waals surface area contributed by atoms with Crippen molar-refractivity contribution in [1.29, 1.82) is 0 Å². The second-order valence-electron chi connectivity index (χ2n) is 4.52. The highest BCUT2D eigenvalue weighted by Crippen LogP contribution is 2.26. The van der Waals surface area contributed by atoms with Crippen molar-refractivity contribution in [1.82, 2.24) is 0 Å². The Kier molecular flexibility index (Phi) is 3.52. The summed E-state index contributed by atoms with van der Waals surface area (Å²) in [7, 11) is 1.33. The summed E-state index contributed by atoms with van der Waals surface area (Å²) >= 11 is 0. The first kappa shape index (κ1) is 12.8. The van der Waals surface area contributed by atoms with Gasteiger partial charge in [-0.2, -0.15) is 0 Å². The molecule has 0 bridgehead atoms. The summed E-state index contributed by atoms with van der Waals surface area (Å²) in [6.45, 7) is 2.51. The Hall–Kier alpha value is -1.62. The van der Waals surface area contributed by atoms with Crippen LogP contribution in [0, 0.1) is 12.7 Å². The number of hydrogen-bond donors (Lipinski definition) is 1. The van der Waals surface area contributed by atoms with Gasteiger partial charge in [0.1, 0.15) is 5.82 Å². The van der Waals surface area contributed by atoms with Gasteiger partial charge in [0, 0.05) is 18.7 Å². The number of methoxy groups -OCH3 is 1. The van der Waals surface area contributed by atoms with Gasteiger partial charge in [-0.3, -0.25) is 0 Å². The summed E-state index contributed by atoms with van der Waals surface area (Å²) in [6.07, 6.45) is 0.509. The Morgan fingerprint density at radius 2 is 2.28 bits per heavy atom. The van der Waals surface area contributed by atoms with E-state index in [2.05, 4.69) is 5.32 Å². The van der Waals surface area contributed by atoms with Crippen LogP contribution in [0.2, 0.25) is 0 Å². The maximum absolute atomic E-state index is 13.3. The van der Waals surface area contributed by atoms with E-state index in [1.165, 1.54) is 19.2 Å². The molecule has 0 saturated carbocycles. The largest absolute Gasteiger partial charge is 0.467 e. The molecule has 0 aliphatic carbocycles. The fraction of sp³-hybridized carbons (Fsp3) is 0.462. The van der Waals surface area contributed by atoms with Crippen LogP contribution < -0.4 is 5.32 Å². The van der Waals surface area contributed by atoms with Crippen LogP contribution in [0.1, 0.15) is 12.0 Å². The van der Waals surface area contributed by atoms with Crippen molar-refractivity contribution in [3.8, 4) is 0 Å². The lowest BCUT2D eigenvalue weighted by atomic mass is 9.98. The van der Waals surface area contributed by atoms with E-state index in [-0.39, 0.29) is 18.4 Å². The standard InChI is InChI=1S/C13H16FNO3/c1-9-5-10(14)7-11(6-9)15-13(12(16)17-2)3-4-18-8-13/h5-7,15H,3-4,8H2,1-2H3. The lowest BCUT2D eigenvalue weighted by molar-refractivity contribution is -0.146. The fourth-order valence-electron chi connectivity index (χ4n) is 2.16. The molecule has 1 atom stereocenters. The summed E-state index contributed by atoms with van der Waals surface area (Å²) in [6, 6.07) is 4.57. The number of benzene rings is 1. The summed E-state index contributed by atoms with van der Waals surface area (Å²) < 4.78 is 23.4. The van der Waals surface area contributed by atoms with Crippen LogP contribution in [0.3, 0.4) is 0 Å². The molecule has 1 N–H and O–H groups in total. The molecule has 1 aliphatic rings. The third-order valence-corrected chi connectivity index (χ3v) is 3.02. The number of anilines is 1. The summed E-state index contributed by atoms with van der Waals surface area (Å²) in [4.78, 5) is 11.9. The van der Waals surface area contributed by atoms with Gasteiger partial charge in [-0.15, -0.1) is 0 Å². The fourth-order valence-corrected chi connectivity index (χ4v) is 2.16. The van der Waals surface area contributed by atoms with Gasteiger partial charge >= 0.3 is 5.97 Å². The number of nitrogens with one attached hydrogen (secondary N) is 1. The normalized spacial score (nSPS) is 22.8. The number of halogens is 1. The molecule has 0 radical (unpaired) electrons. The second kappa shape index (κ2) is 4.94. The van der Waals surface area contributed by atoms with Crippen molar-refractivity contribution in [2.24, 2.45) is 0 Å². The number of carbonyl (C=O) groups is 1. The minimum Gasteiger partial charge on any atom is -0.467 e. The lowest BCUT2D eigenvalue weighted by Gasteiger charge is -2.27. The molecule has 4 nitrogen and oxygen atoms in total. The molecule has 5 heteroatoms. The van der Waals surface area contributed by atoms with Crippen molar-refractivity contribution in [2.75, 3.05) is 25.6 Å². The topological polar surface area (TPSA) is 47.6 Å². The predicted octanol–water partition coefficient (Wildman–Crippen LogP) is 1.88. The van der Waals surface area contributed by atoms with Crippen molar-refractivity contribution in [3.63, 3.8) is 0 Å². The summed E-state index contributed by atoms with van der Waals surface area (Å²) in [5.74, 6) is -0.724. The minimum atomic E-state index is -0.908. The zero-order valence-corrected chi connectivity index (χ0v) is 10.5. The van der Waals surface area contributed by atoms with Gasteiger partial charge in [-0.05, 0) is 30.7 Å². The number of ether oxygens (including phenoxy) is 2. The number of rotatable bonds is 3. The molecule has 1 aromatic carbocycles. The zero-order valence-electron chi connectivity index (χ0n) is 10.5. The maximum atomic E-state index is 13.3. The summed E-state index contributed by atoms with van der Waals surface area (Å²) in [5.41, 5.74) is 0.439. The highest BCUT2D eigenvalue weighted by atomic mass is 19.1. The smallest absolute Gasteiger partial charge is 0.334 e. The first-order chi connectivity index (χ1) is 8.55. The molecule has 1 aliphatic heterocycles. The van der Waals surface area contributed by atoms with Crippen molar-refractivity contribution >= 4 is 11.7 Å².